The van der Waals surface area contributed by atoms with Crippen molar-refractivity contribution in [3.05, 3.63) is 16.6 Å². The number of hydrogen-bond acceptors (Lipinski definition) is 3. The molecule has 2 rings (SSSR count). The van der Waals surface area contributed by atoms with E-state index in [9.17, 15) is 0 Å². The molecule has 3 atom stereocenters. The van der Waals surface area contributed by atoms with Gasteiger partial charge in [0.1, 0.15) is 0 Å². The zero-order chi connectivity index (χ0) is 11.4. The Bertz CT molecular complexity index is 297. The highest BCUT2D eigenvalue weighted by atomic mass is 32.1. The van der Waals surface area contributed by atoms with Crippen LogP contribution in [0.5, 0.6) is 0 Å². The Balaban J connectivity index is 1.96. The molecule has 0 bridgehead atoms. The largest absolute Gasteiger partial charge is 0.319 e. The smallest absolute Gasteiger partial charge is 0.0927 e. The number of nitrogens with zero attached hydrogens (tertiary/aromatic N) is 1. The third kappa shape index (κ3) is 3.05. The van der Waals surface area contributed by atoms with Crippen molar-refractivity contribution in [3.63, 3.8) is 0 Å². The number of nitrogens with one attached hydrogen (secondary N) is 1. The lowest BCUT2D eigenvalue weighted by molar-refractivity contribution is 0.186. The third-order valence-electron chi connectivity index (χ3n) is 3.79. The lowest BCUT2D eigenvalue weighted by atomic mass is 9.73. The summed E-state index contributed by atoms with van der Waals surface area (Å²) in [5.74, 6) is 2.59. The molecule has 1 aromatic rings. The van der Waals surface area contributed by atoms with Crippen LogP contribution in [-0.4, -0.2) is 18.6 Å². The molecular formula is C13H22N2S. The molecule has 1 aliphatic rings. The van der Waals surface area contributed by atoms with Gasteiger partial charge in [0.05, 0.1) is 5.01 Å². The minimum absolute atomic E-state index is 0.836. The second kappa shape index (κ2) is 5.78. The molecule has 0 spiro atoms. The number of thiazole rings is 1. The Hall–Kier alpha value is -0.410. The maximum absolute atomic E-state index is 4.43. The molecule has 3 heteroatoms. The van der Waals surface area contributed by atoms with Crippen molar-refractivity contribution in [1.29, 1.82) is 0 Å². The summed E-state index contributed by atoms with van der Waals surface area (Å²) >= 11 is 1.81. The van der Waals surface area contributed by atoms with Gasteiger partial charge in [-0.3, -0.25) is 0 Å². The van der Waals surface area contributed by atoms with Gasteiger partial charge in [0, 0.05) is 18.0 Å². The molecule has 0 aromatic carbocycles. The van der Waals surface area contributed by atoms with Crippen LogP contribution in [0.4, 0.5) is 0 Å². The maximum Gasteiger partial charge on any atom is 0.0927 e. The third-order valence-corrected chi connectivity index (χ3v) is 4.59. The lowest BCUT2D eigenvalue weighted by Crippen LogP contribution is -2.32. The predicted molar refractivity (Wildman–Crippen MR) is 69.7 cm³/mol. The Labute approximate surface area is 102 Å². The van der Waals surface area contributed by atoms with Crippen LogP contribution < -0.4 is 5.32 Å². The van der Waals surface area contributed by atoms with Crippen LogP contribution in [0.15, 0.2) is 11.6 Å². The SMILES string of the molecule is CNCC1CCC(C)CC1Cc1nccs1. The molecule has 1 saturated carbocycles. The molecule has 1 fully saturated rings. The first-order chi connectivity index (χ1) is 7.79. The molecule has 16 heavy (non-hydrogen) atoms. The highest BCUT2D eigenvalue weighted by molar-refractivity contribution is 7.09. The van der Waals surface area contributed by atoms with Crippen LogP contribution in [0.3, 0.4) is 0 Å². The zero-order valence-corrected chi connectivity index (χ0v) is 11.1. The monoisotopic (exact) mass is 238 g/mol. The summed E-state index contributed by atoms with van der Waals surface area (Å²) in [4.78, 5) is 4.43. The van der Waals surface area contributed by atoms with Crippen molar-refractivity contribution in [1.82, 2.24) is 10.3 Å². The molecule has 1 N–H and O–H groups in total. The highest BCUT2D eigenvalue weighted by Gasteiger charge is 2.28. The maximum atomic E-state index is 4.43. The first-order valence-electron chi connectivity index (χ1n) is 6.32. The van der Waals surface area contributed by atoms with E-state index in [0.717, 1.165) is 17.8 Å². The van der Waals surface area contributed by atoms with E-state index in [-0.39, 0.29) is 0 Å². The van der Waals surface area contributed by atoms with Crippen LogP contribution in [-0.2, 0) is 6.42 Å². The summed E-state index contributed by atoms with van der Waals surface area (Å²) < 4.78 is 0. The van der Waals surface area contributed by atoms with E-state index in [1.807, 2.05) is 6.20 Å². The minimum Gasteiger partial charge on any atom is -0.319 e. The fraction of sp³-hybridized carbons (Fsp3) is 0.769. The van der Waals surface area contributed by atoms with E-state index in [1.54, 1.807) is 11.3 Å². The molecule has 3 unspecified atom stereocenters. The molecular weight excluding hydrogens is 216 g/mol. The summed E-state index contributed by atoms with van der Waals surface area (Å²) in [5, 5.41) is 6.76. The fourth-order valence-electron chi connectivity index (χ4n) is 2.92. The van der Waals surface area contributed by atoms with Gasteiger partial charge >= 0.3 is 0 Å². The number of rotatable bonds is 4. The van der Waals surface area contributed by atoms with Gasteiger partial charge in [-0.05, 0) is 44.2 Å². The van der Waals surface area contributed by atoms with E-state index in [2.05, 4.69) is 29.7 Å². The standard InChI is InChI=1S/C13H22N2S/c1-10-3-4-11(9-14-2)12(7-10)8-13-15-5-6-16-13/h5-6,10-12,14H,3-4,7-9H2,1-2H3. The van der Waals surface area contributed by atoms with Gasteiger partial charge in [-0.1, -0.05) is 13.3 Å². The van der Waals surface area contributed by atoms with Crippen LogP contribution in [0.2, 0.25) is 0 Å². The molecule has 0 radical (unpaired) electrons. The normalized spacial score (nSPS) is 30.5. The predicted octanol–water partition coefficient (Wildman–Crippen LogP) is 2.96. The van der Waals surface area contributed by atoms with E-state index < -0.39 is 0 Å². The van der Waals surface area contributed by atoms with Gasteiger partial charge in [0.2, 0.25) is 0 Å². The first-order valence-corrected chi connectivity index (χ1v) is 7.20. The molecule has 90 valence electrons. The molecule has 1 aromatic heterocycles. The summed E-state index contributed by atoms with van der Waals surface area (Å²) in [6.07, 6.45) is 7.29. The average Bonchev–Trinajstić information content (AvgIpc) is 2.75. The molecule has 0 saturated heterocycles. The van der Waals surface area contributed by atoms with Crippen molar-refractivity contribution in [2.24, 2.45) is 17.8 Å². The van der Waals surface area contributed by atoms with Gasteiger partial charge in [0.25, 0.3) is 0 Å². The van der Waals surface area contributed by atoms with Gasteiger partial charge in [-0.25, -0.2) is 4.98 Å². The highest BCUT2D eigenvalue weighted by Crippen LogP contribution is 2.35. The Kier molecular flexibility index (Phi) is 4.36. The van der Waals surface area contributed by atoms with Crippen molar-refractivity contribution >= 4 is 11.3 Å². The van der Waals surface area contributed by atoms with Crippen LogP contribution >= 0.6 is 11.3 Å². The van der Waals surface area contributed by atoms with Crippen molar-refractivity contribution in [2.75, 3.05) is 13.6 Å². The quantitative estimate of drug-likeness (QED) is 0.872. The van der Waals surface area contributed by atoms with Crippen molar-refractivity contribution in [3.8, 4) is 0 Å². The molecule has 2 nitrogen and oxygen atoms in total. The summed E-state index contributed by atoms with van der Waals surface area (Å²) in [7, 11) is 2.07. The van der Waals surface area contributed by atoms with Gasteiger partial charge < -0.3 is 5.32 Å². The van der Waals surface area contributed by atoms with E-state index in [4.69, 9.17) is 0 Å². The van der Waals surface area contributed by atoms with E-state index in [0.29, 0.717) is 0 Å². The van der Waals surface area contributed by atoms with Crippen LogP contribution in [0.25, 0.3) is 0 Å². The number of hydrogen-bond donors (Lipinski definition) is 1. The van der Waals surface area contributed by atoms with Gasteiger partial charge in [-0.2, -0.15) is 0 Å². The zero-order valence-electron chi connectivity index (χ0n) is 10.3. The number of aromatic nitrogens is 1. The molecule has 0 amide bonds. The Morgan fingerprint density at radius 2 is 2.31 bits per heavy atom. The molecule has 0 aliphatic heterocycles. The van der Waals surface area contributed by atoms with Crippen LogP contribution in [0, 0.1) is 17.8 Å². The van der Waals surface area contributed by atoms with Crippen LogP contribution in [0.1, 0.15) is 31.2 Å². The second-order valence-electron chi connectivity index (χ2n) is 5.13. The van der Waals surface area contributed by atoms with Gasteiger partial charge in [-0.15, -0.1) is 11.3 Å². The molecule has 1 heterocycles. The Morgan fingerprint density at radius 3 is 3.00 bits per heavy atom. The molecule has 1 aliphatic carbocycles. The average molecular weight is 238 g/mol. The topological polar surface area (TPSA) is 24.9 Å². The lowest BCUT2D eigenvalue weighted by Gasteiger charge is -2.34. The Morgan fingerprint density at radius 1 is 1.44 bits per heavy atom. The first kappa shape index (κ1) is 12.1. The summed E-state index contributed by atoms with van der Waals surface area (Å²) in [5.41, 5.74) is 0. The van der Waals surface area contributed by atoms with Gasteiger partial charge in [0.15, 0.2) is 0 Å². The summed E-state index contributed by atoms with van der Waals surface area (Å²) in [6.45, 7) is 3.56. The summed E-state index contributed by atoms with van der Waals surface area (Å²) in [6, 6.07) is 0. The fourth-order valence-corrected chi connectivity index (χ4v) is 3.63. The van der Waals surface area contributed by atoms with E-state index in [1.165, 1.54) is 37.2 Å². The second-order valence-corrected chi connectivity index (χ2v) is 6.11. The van der Waals surface area contributed by atoms with Crippen molar-refractivity contribution in [2.45, 2.75) is 32.6 Å². The van der Waals surface area contributed by atoms with E-state index >= 15 is 0 Å². The van der Waals surface area contributed by atoms with Crippen molar-refractivity contribution < 1.29 is 0 Å². The minimum atomic E-state index is 0.836.